The molecule has 0 atom stereocenters. The van der Waals surface area contributed by atoms with Crippen LogP contribution in [0.1, 0.15) is 35.7 Å². The van der Waals surface area contributed by atoms with Crippen molar-refractivity contribution in [2.75, 3.05) is 20.1 Å². The minimum Gasteiger partial charge on any atom is -0.464 e. The average Bonchev–Trinajstić information content (AvgIpc) is 3.00. The first-order valence-corrected chi connectivity index (χ1v) is 10.1. The van der Waals surface area contributed by atoms with Crippen molar-refractivity contribution in [2.24, 2.45) is 0 Å². The van der Waals surface area contributed by atoms with Crippen LogP contribution in [0.3, 0.4) is 0 Å². The second-order valence-electron chi connectivity index (χ2n) is 5.91. The van der Waals surface area contributed by atoms with Gasteiger partial charge < -0.3 is 9.32 Å². The van der Waals surface area contributed by atoms with Gasteiger partial charge in [-0.15, -0.1) is 0 Å². The lowest BCUT2D eigenvalue weighted by Gasteiger charge is -2.20. The van der Waals surface area contributed by atoms with Gasteiger partial charge in [0.2, 0.25) is 10.0 Å². The number of carbonyl (C=O) groups excluding carboxylic acids is 1. The lowest BCUT2D eigenvalue weighted by Crippen LogP contribution is -2.31. The van der Waals surface area contributed by atoms with Crippen molar-refractivity contribution >= 4 is 27.5 Å². The molecule has 0 radical (unpaired) electrons. The van der Waals surface area contributed by atoms with Crippen LogP contribution in [0.2, 0.25) is 5.02 Å². The molecule has 0 aliphatic rings. The van der Waals surface area contributed by atoms with Crippen LogP contribution >= 0.6 is 11.6 Å². The third-order valence-electron chi connectivity index (χ3n) is 4.04. The van der Waals surface area contributed by atoms with Gasteiger partial charge in [-0.2, -0.15) is 4.31 Å². The van der Waals surface area contributed by atoms with Gasteiger partial charge in [0, 0.05) is 25.7 Å². The summed E-state index contributed by atoms with van der Waals surface area (Å²) < 4.78 is 32.3. The molecule has 142 valence electrons. The molecule has 0 aliphatic carbocycles. The number of hydrogen-bond acceptors (Lipinski definition) is 4. The summed E-state index contributed by atoms with van der Waals surface area (Å²) in [7, 11) is -2.12. The molecule has 1 aromatic heterocycles. The largest absolute Gasteiger partial charge is 0.464 e. The van der Waals surface area contributed by atoms with Crippen molar-refractivity contribution in [2.45, 2.75) is 32.2 Å². The molecule has 0 bridgehead atoms. The van der Waals surface area contributed by atoms with Crippen LogP contribution in [0.5, 0.6) is 0 Å². The second kappa shape index (κ2) is 8.24. The Kier molecular flexibility index (Phi) is 6.49. The molecule has 0 N–H and O–H groups in total. The zero-order valence-electron chi connectivity index (χ0n) is 15.3. The van der Waals surface area contributed by atoms with E-state index in [1.807, 2.05) is 13.0 Å². The first-order chi connectivity index (χ1) is 12.2. The Morgan fingerprint density at radius 2 is 1.81 bits per heavy atom. The van der Waals surface area contributed by atoms with Gasteiger partial charge in [0.25, 0.3) is 5.91 Å². The number of rotatable bonds is 7. The maximum Gasteiger partial charge on any atom is 0.254 e. The molecule has 8 heteroatoms. The van der Waals surface area contributed by atoms with E-state index >= 15 is 0 Å². The molecule has 0 spiro atoms. The fourth-order valence-corrected chi connectivity index (χ4v) is 4.59. The number of amides is 1. The van der Waals surface area contributed by atoms with Gasteiger partial charge in [0.15, 0.2) is 0 Å². The zero-order valence-corrected chi connectivity index (χ0v) is 16.9. The number of halogens is 1. The van der Waals surface area contributed by atoms with Crippen molar-refractivity contribution in [3.63, 3.8) is 0 Å². The van der Waals surface area contributed by atoms with Crippen molar-refractivity contribution in [1.29, 1.82) is 0 Å². The first kappa shape index (κ1) is 20.5. The van der Waals surface area contributed by atoms with E-state index in [0.717, 1.165) is 5.76 Å². The van der Waals surface area contributed by atoms with E-state index in [4.69, 9.17) is 16.0 Å². The number of nitrogens with zero attached hydrogens (tertiary/aromatic N) is 2. The standard InChI is InChI=1S/C18H23ClN2O4S/c1-5-21(6-2)26(23,24)17-11-14(8-10-16(17)19)18(22)20(4)12-15-9-7-13(3)25-15/h7-11H,5-6,12H2,1-4H3. The summed E-state index contributed by atoms with van der Waals surface area (Å²) in [5.74, 6) is 1.11. The van der Waals surface area contributed by atoms with E-state index < -0.39 is 10.0 Å². The summed E-state index contributed by atoms with van der Waals surface area (Å²) in [4.78, 5) is 14.1. The number of benzene rings is 1. The highest BCUT2D eigenvalue weighted by Gasteiger charge is 2.26. The molecule has 26 heavy (non-hydrogen) atoms. The molecule has 1 heterocycles. The molecule has 6 nitrogen and oxygen atoms in total. The molecule has 0 saturated carbocycles. The monoisotopic (exact) mass is 398 g/mol. The average molecular weight is 399 g/mol. The van der Waals surface area contributed by atoms with E-state index in [9.17, 15) is 13.2 Å². The fraction of sp³-hybridized carbons (Fsp3) is 0.389. The van der Waals surface area contributed by atoms with Gasteiger partial charge in [0.05, 0.1) is 11.6 Å². The van der Waals surface area contributed by atoms with Gasteiger partial charge in [-0.3, -0.25) is 4.79 Å². The fourth-order valence-electron chi connectivity index (χ4n) is 2.63. The first-order valence-electron chi connectivity index (χ1n) is 8.31. The van der Waals surface area contributed by atoms with Crippen LogP contribution in [0, 0.1) is 6.92 Å². The van der Waals surface area contributed by atoms with Gasteiger partial charge >= 0.3 is 0 Å². The van der Waals surface area contributed by atoms with Gasteiger partial charge in [-0.25, -0.2) is 8.42 Å². The highest BCUT2D eigenvalue weighted by atomic mass is 35.5. The van der Waals surface area contributed by atoms with Crippen LogP contribution in [0.25, 0.3) is 0 Å². The SMILES string of the molecule is CCN(CC)S(=O)(=O)c1cc(C(=O)N(C)Cc2ccc(C)o2)ccc1Cl. The van der Waals surface area contributed by atoms with Crippen LogP contribution in [-0.2, 0) is 16.6 Å². The highest BCUT2D eigenvalue weighted by molar-refractivity contribution is 7.89. The summed E-state index contributed by atoms with van der Waals surface area (Å²) >= 11 is 6.11. The minimum atomic E-state index is -3.76. The number of sulfonamides is 1. The van der Waals surface area contributed by atoms with Crippen molar-refractivity contribution in [1.82, 2.24) is 9.21 Å². The summed E-state index contributed by atoms with van der Waals surface area (Å²) in [5.41, 5.74) is 0.255. The molecule has 2 aromatic rings. The Hall–Kier alpha value is -1.83. The van der Waals surface area contributed by atoms with Crippen LogP contribution in [0.15, 0.2) is 39.6 Å². The molecule has 0 unspecified atom stereocenters. The van der Waals surface area contributed by atoms with Crippen molar-refractivity contribution < 1.29 is 17.6 Å². The molecule has 0 saturated heterocycles. The molecule has 0 aliphatic heterocycles. The van der Waals surface area contributed by atoms with Crippen LogP contribution in [-0.4, -0.2) is 43.7 Å². The summed E-state index contributed by atoms with van der Waals surface area (Å²) in [6.07, 6.45) is 0. The lowest BCUT2D eigenvalue weighted by molar-refractivity contribution is 0.0774. The number of carbonyl (C=O) groups is 1. The maximum atomic E-state index is 12.8. The number of furan rings is 1. The number of aryl methyl sites for hydroxylation is 1. The molecule has 1 aromatic carbocycles. The van der Waals surface area contributed by atoms with Crippen LogP contribution < -0.4 is 0 Å². The summed E-state index contributed by atoms with van der Waals surface area (Å²) in [6, 6.07) is 7.93. The molecular formula is C18H23ClN2O4S. The Balaban J connectivity index is 2.32. The van der Waals surface area contributed by atoms with E-state index in [2.05, 4.69) is 0 Å². The quantitative estimate of drug-likeness (QED) is 0.715. The Morgan fingerprint density at radius 3 is 2.35 bits per heavy atom. The normalized spacial score (nSPS) is 11.8. The predicted molar refractivity (Wildman–Crippen MR) is 101 cm³/mol. The zero-order chi connectivity index (χ0) is 19.5. The molecule has 2 rings (SSSR count). The minimum absolute atomic E-state index is 0.0593. The maximum absolute atomic E-state index is 12.8. The predicted octanol–water partition coefficient (Wildman–Crippen LogP) is 3.54. The molecule has 0 fully saturated rings. The van der Waals surface area contributed by atoms with Gasteiger partial charge in [0.1, 0.15) is 16.4 Å². The topological polar surface area (TPSA) is 70.8 Å². The molecule has 1 amide bonds. The third kappa shape index (κ3) is 4.28. The highest BCUT2D eigenvalue weighted by Crippen LogP contribution is 2.26. The lowest BCUT2D eigenvalue weighted by atomic mass is 10.2. The van der Waals surface area contributed by atoms with Crippen molar-refractivity contribution in [3.8, 4) is 0 Å². The summed E-state index contributed by atoms with van der Waals surface area (Å²) in [6.45, 7) is 6.27. The third-order valence-corrected chi connectivity index (χ3v) is 6.57. The van der Waals surface area contributed by atoms with Gasteiger partial charge in [-0.1, -0.05) is 25.4 Å². The second-order valence-corrected chi connectivity index (χ2v) is 8.22. The Labute approximate surface area is 159 Å². The number of hydrogen-bond donors (Lipinski definition) is 0. The van der Waals surface area contributed by atoms with E-state index in [1.54, 1.807) is 27.0 Å². The van der Waals surface area contributed by atoms with Crippen LogP contribution in [0.4, 0.5) is 0 Å². The van der Waals surface area contributed by atoms with E-state index in [0.29, 0.717) is 18.8 Å². The Bertz CT molecular complexity index is 888. The van der Waals surface area contributed by atoms with Gasteiger partial charge in [-0.05, 0) is 37.3 Å². The van der Waals surface area contributed by atoms with E-state index in [-0.39, 0.29) is 27.9 Å². The van der Waals surface area contributed by atoms with Crippen molar-refractivity contribution in [3.05, 3.63) is 52.4 Å². The Morgan fingerprint density at radius 1 is 1.15 bits per heavy atom. The molecular weight excluding hydrogens is 376 g/mol. The summed E-state index contributed by atoms with van der Waals surface area (Å²) in [5, 5.41) is 0.0952. The smallest absolute Gasteiger partial charge is 0.254 e. The van der Waals surface area contributed by atoms with E-state index in [1.165, 1.54) is 27.4 Å².